The van der Waals surface area contributed by atoms with Crippen molar-refractivity contribution in [2.45, 2.75) is 0 Å². The molecule has 1 amide bonds. The second-order valence-corrected chi connectivity index (χ2v) is 4.61. The number of carbonyl (C=O) groups is 1. The van der Waals surface area contributed by atoms with E-state index in [1.165, 1.54) is 19.2 Å². The Balaban J connectivity index is 2.18. The average Bonchev–Trinajstić information content (AvgIpc) is 2.89. The third-order valence-corrected chi connectivity index (χ3v) is 3.39. The van der Waals surface area contributed by atoms with Gasteiger partial charge in [-0.25, -0.2) is 0 Å². The molecule has 0 aliphatic carbocycles. The number of nitro groups is 1. The summed E-state index contributed by atoms with van der Waals surface area (Å²) in [6.45, 7) is 0. The van der Waals surface area contributed by atoms with Crippen molar-refractivity contribution in [3.63, 3.8) is 0 Å². The summed E-state index contributed by atoms with van der Waals surface area (Å²) in [5.74, 6) is 0.129. The zero-order valence-corrected chi connectivity index (χ0v) is 10.8. The molecule has 0 saturated heterocycles. The number of thiophene rings is 1. The van der Waals surface area contributed by atoms with Crippen molar-refractivity contribution in [3.05, 3.63) is 51.4 Å². The van der Waals surface area contributed by atoms with E-state index in [2.05, 4.69) is 5.32 Å². The van der Waals surface area contributed by atoms with Gasteiger partial charge in [-0.2, -0.15) is 0 Å². The Bertz CT molecular complexity index is 624. The summed E-state index contributed by atoms with van der Waals surface area (Å²) >= 11 is 0.830. The van der Waals surface area contributed by atoms with E-state index in [0.717, 1.165) is 11.3 Å². The van der Waals surface area contributed by atoms with E-state index in [9.17, 15) is 14.9 Å². The summed E-state index contributed by atoms with van der Waals surface area (Å²) in [5, 5.41) is 13.1. The van der Waals surface area contributed by atoms with Crippen LogP contribution in [0.4, 0.5) is 10.7 Å². The minimum atomic E-state index is -0.523. The molecule has 0 unspecified atom stereocenters. The van der Waals surface area contributed by atoms with Crippen LogP contribution in [0.3, 0.4) is 0 Å². The maximum atomic E-state index is 11.9. The number of nitrogens with one attached hydrogen (secondary N) is 1. The Labute approximate surface area is 112 Å². The Morgan fingerprint density at radius 2 is 2.05 bits per heavy atom. The molecule has 0 saturated carbocycles. The normalized spacial score (nSPS) is 9.95. The maximum absolute atomic E-state index is 11.9. The molecule has 0 aliphatic heterocycles. The second kappa shape index (κ2) is 5.49. The number of para-hydroxylation sites is 2. The first-order valence-electron chi connectivity index (χ1n) is 5.30. The summed E-state index contributed by atoms with van der Waals surface area (Å²) in [6, 6.07) is 9.68. The number of nitrogens with zero attached hydrogens (tertiary/aromatic N) is 1. The molecule has 1 N–H and O–H groups in total. The Morgan fingerprint density at radius 3 is 2.68 bits per heavy atom. The van der Waals surface area contributed by atoms with Crippen LogP contribution in [-0.4, -0.2) is 17.9 Å². The summed E-state index contributed by atoms with van der Waals surface area (Å²) in [7, 11) is 1.50. The highest BCUT2D eigenvalue weighted by Crippen LogP contribution is 2.27. The van der Waals surface area contributed by atoms with E-state index >= 15 is 0 Å². The molecule has 2 rings (SSSR count). The van der Waals surface area contributed by atoms with Gasteiger partial charge in [-0.05, 0) is 18.2 Å². The fraction of sp³-hybridized carbons (Fsp3) is 0.0833. The number of hydrogen-bond acceptors (Lipinski definition) is 5. The van der Waals surface area contributed by atoms with Crippen LogP contribution < -0.4 is 10.1 Å². The second-order valence-electron chi connectivity index (χ2n) is 3.55. The van der Waals surface area contributed by atoms with Crippen LogP contribution in [0.5, 0.6) is 5.75 Å². The average molecular weight is 278 g/mol. The third-order valence-electron chi connectivity index (χ3n) is 2.35. The predicted molar refractivity (Wildman–Crippen MR) is 71.9 cm³/mol. The highest BCUT2D eigenvalue weighted by Gasteiger charge is 2.16. The van der Waals surface area contributed by atoms with E-state index < -0.39 is 10.8 Å². The molecule has 19 heavy (non-hydrogen) atoms. The number of rotatable bonds is 4. The van der Waals surface area contributed by atoms with Gasteiger partial charge in [-0.3, -0.25) is 14.9 Å². The molecule has 0 fully saturated rings. The largest absolute Gasteiger partial charge is 0.495 e. The summed E-state index contributed by atoms with van der Waals surface area (Å²) in [4.78, 5) is 22.3. The molecular weight excluding hydrogens is 268 g/mol. The number of carbonyl (C=O) groups excluding carboxylic acids is 1. The van der Waals surface area contributed by atoms with E-state index in [-0.39, 0.29) is 9.88 Å². The highest BCUT2D eigenvalue weighted by molar-refractivity contribution is 7.17. The lowest BCUT2D eigenvalue weighted by Gasteiger charge is -2.08. The van der Waals surface area contributed by atoms with Crippen molar-refractivity contribution in [3.8, 4) is 5.75 Å². The lowest BCUT2D eigenvalue weighted by molar-refractivity contribution is -0.380. The first-order chi connectivity index (χ1) is 9.11. The van der Waals surface area contributed by atoms with Gasteiger partial charge < -0.3 is 10.1 Å². The minimum Gasteiger partial charge on any atom is -0.495 e. The van der Waals surface area contributed by atoms with Crippen molar-refractivity contribution < 1.29 is 14.5 Å². The SMILES string of the molecule is COc1ccccc1NC(=O)c1ccc([N+](=O)[O-])s1. The first kappa shape index (κ1) is 13.0. The Hall–Kier alpha value is -2.41. The highest BCUT2D eigenvalue weighted by atomic mass is 32.1. The summed E-state index contributed by atoms with van der Waals surface area (Å²) in [6.07, 6.45) is 0. The van der Waals surface area contributed by atoms with Gasteiger partial charge in [0.2, 0.25) is 0 Å². The monoisotopic (exact) mass is 278 g/mol. The summed E-state index contributed by atoms with van der Waals surface area (Å²) < 4.78 is 5.11. The molecule has 1 heterocycles. The lowest BCUT2D eigenvalue weighted by atomic mass is 10.3. The molecule has 2 aromatic rings. The first-order valence-corrected chi connectivity index (χ1v) is 6.12. The van der Waals surface area contributed by atoms with Crippen LogP contribution >= 0.6 is 11.3 Å². The van der Waals surface area contributed by atoms with Crippen LogP contribution in [0.1, 0.15) is 9.67 Å². The molecule has 7 heteroatoms. The van der Waals surface area contributed by atoms with Gasteiger partial charge in [0, 0.05) is 6.07 Å². The van der Waals surface area contributed by atoms with Crippen molar-refractivity contribution in [2.24, 2.45) is 0 Å². The number of amides is 1. The van der Waals surface area contributed by atoms with Gasteiger partial charge in [-0.15, -0.1) is 0 Å². The van der Waals surface area contributed by atoms with Crippen LogP contribution in [0.2, 0.25) is 0 Å². The third kappa shape index (κ3) is 2.89. The van der Waals surface area contributed by atoms with Crippen LogP contribution in [0, 0.1) is 10.1 Å². The van der Waals surface area contributed by atoms with Crippen LogP contribution in [-0.2, 0) is 0 Å². The van der Waals surface area contributed by atoms with Crippen LogP contribution in [0.15, 0.2) is 36.4 Å². The lowest BCUT2D eigenvalue weighted by Crippen LogP contribution is -2.10. The van der Waals surface area contributed by atoms with Gasteiger partial charge in [0.25, 0.3) is 5.91 Å². The quantitative estimate of drug-likeness (QED) is 0.688. The molecule has 0 radical (unpaired) electrons. The Kier molecular flexibility index (Phi) is 3.76. The molecule has 1 aromatic carbocycles. The molecular formula is C12H10N2O4S. The van der Waals surface area contributed by atoms with E-state index in [0.29, 0.717) is 11.4 Å². The molecule has 6 nitrogen and oxygen atoms in total. The van der Waals surface area contributed by atoms with Gasteiger partial charge in [0.15, 0.2) is 0 Å². The van der Waals surface area contributed by atoms with Gasteiger partial charge in [-0.1, -0.05) is 23.5 Å². The molecule has 0 atom stereocenters. The van der Waals surface area contributed by atoms with Crippen molar-refractivity contribution in [1.29, 1.82) is 0 Å². The molecule has 98 valence electrons. The fourth-order valence-electron chi connectivity index (χ4n) is 1.48. The predicted octanol–water partition coefficient (Wildman–Crippen LogP) is 2.92. The van der Waals surface area contributed by atoms with Gasteiger partial charge in [0.05, 0.1) is 22.6 Å². The van der Waals surface area contributed by atoms with E-state index in [1.54, 1.807) is 24.3 Å². The number of benzene rings is 1. The van der Waals surface area contributed by atoms with Crippen LogP contribution in [0.25, 0.3) is 0 Å². The van der Waals surface area contributed by atoms with E-state index in [4.69, 9.17) is 4.74 Å². The van der Waals surface area contributed by atoms with Crippen molar-refractivity contribution >= 4 is 27.9 Å². The smallest absolute Gasteiger partial charge is 0.324 e. The molecule has 0 spiro atoms. The minimum absolute atomic E-state index is 0.0647. The number of ether oxygens (including phenoxy) is 1. The topological polar surface area (TPSA) is 81.5 Å². The van der Waals surface area contributed by atoms with Gasteiger partial charge >= 0.3 is 5.00 Å². The molecule has 0 bridgehead atoms. The Morgan fingerprint density at radius 1 is 1.32 bits per heavy atom. The number of anilines is 1. The van der Waals surface area contributed by atoms with Crippen molar-refractivity contribution in [1.82, 2.24) is 0 Å². The standard InChI is InChI=1S/C12H10N2O4S/c1-18-9-5-3-2-4-8(9)13-12(15)10-6-7-11(19-10)14(16)17/h2-7H,1H3,(H,13,15). The summed E-state index contributed by atoms with van der Waals surface area (Å²) in [5.41, 5.74) is 0.519. The molecule has 0 aliphatic rings. The molecule has 1 aromatic heterocycles. The number of methoxy groups -OCH3 is 1. The van der Waals surface area contributed by atoms with Gasteiger partial charge in [0.1, 0.15) is 5.75 Å². The fourth-order valence-corrected chi connectivity index (χ4v) is 2.20. The number of hydrogen-bond donors (Lipinski definition) is 1. The van der Waals surface area contributed by atoms with E-state index in [1.807, 2.05) is 0 Å². The van der Waals surface area contributed by atoms with Crippen molar-refractivity contribution in [2.75, 3.05) is 12.4 Å². The zero-order valence-electron chi connectivity index (χ0n) is 9.95. The maximum Gasteiger partial charge on any atom is 0.324 e. The zero-order chi connectivity index (χ0) is 13.8.